The summed E-state index contributed by atoms with van der Waals surface area (Å²) in [6.07, 6.45) is 5.57. The van der Waals surface area contributed by atoms with Gasteiger partial charge in [0, 0.05) is 11.4 Å². The molecule has 0 aliphatic heterocycles. The number of fused-ring (bicyclic) bond motifs is 2. The Morgan fingerprint density at radius 2 is 2.03 bits per heavy atom. The number of aryl methyl sites for hydroxylation is 1. The quantitative estimate of drug-likeness (QED) is 0.283. The predicted octanol–water partition coefficient (Wildman–Crippen LogP) is 4.81. The second kappa shape index (κ2) is 12.6. The van der Waals surface area contributed by atoms with Crippen LogP contribution in [-0.4, -0.2) is 47.6 Å². The number of hydrogen-bond donors (Lipinski definition) is 1. The Hall–Kier alpha value is -2.89. The van der Waals surface area contributed by atoms with Gasteiger partial charge in [0.25, 0.3) is 5.91 Å². The monoisotopic (exact) mass is 559 g/mol. The smallest absolute Gasteiger partial charge is 0.341 e. The van der Waals surface area contributed by atoms with Crippen LogP contribution in [0.15, 0.2) is 35.8 Å². The summed E-state index contributed by atoms with van der Waals surface area (Å²) in [5, 5.41) is 3.39. The van der Waals surface area contributed by atoms with Gasteiger partial charge < -0.3 is 19.4 Å². The van der Waals surface area contributed by atoms with Crippen molar-refractivity contribution in [2.24, 2.45) is 4.99 Å². The van der Waals surface area contributed by atoms with E-state index in [0.29, 0.717) is 28.5 Å². The summed E-state index contributed by atoms with van der Waals surface area (Å²) in [6, 6.07) is 5.79. The molecule has 0 radical (unpaired) electrons. The third-order valence-electron chi connectivity index (χ3n) is 5.77. The molecule has 37 heavy (non-hydrogen) atoms. The van der Waals surface area contributed by atoms with E-state index in [9.17, 15) is 14.4 Å². The summed E-state index contributed by atoms with van der Waals surface area (Å²) in [6.45, 7) is 6.83. The lowest BCUT2D eigenvalue weighted by atomic mass is 9.95. The molecule has 0 unspecified atom stereocenters. The maximum atomic E-state index is 12.6. The molecular formula is C26H29N3O5S3. The first kappa shape index (κ1) is 27.2. The van der Waals surface area contributed by atoms with Gasteiger partial charge in [-0.25, -0.2) is 4.79 Å². The van der Waals surface area contributed by atoms with Crippen molar-refractivity contribution in [3.05, 3.63) is 51.7 Å². The zero-order valence-corrected chi connectivity index (χ0v) is 23.3. The molecule has 0 spiro atoms. The lowest BCUT2D eigenvalue weighted by Gasteiger charge is -2.11. The molecule has 8 nitrogen and oxygen atoms in total. The molecule has 3 aromatic rings. The molecule has 11 heteroatoms. The van der Waals surface area contributed by atoms with Gasteiger partial charge in [-0.15, -0.1) is 29.7 Å². The number of benzene rings is 1. The standard InChI is InChI=1S/C26H29N3O5S3/c1-4-12-29-18-11-10-16(34-5-2)13-20(18)37-26(29)28-22(31)15-35-14-21(30)27-24-23(25(32)33-3)17-8-6-7-9-19(17)36-24/h4,10-11,13H,1,5-9,12,14-15H2,2-3H3,(H,27,30). The number of carbonyl (C=O) groups is 3. The van der Waals surface area contributed by atoms with Gasteiger partial charge in [-0.05, 0) is 56.4 Å². The fraction of sp³-hybridized carbons (Fsp3) is 0.385. The first-order chi connectivity index (χ1) is 17.9. The first-order valence-corrected chi connectivity index (χ1v) is 14.8. The largest absolute Gasteiger partial charge is 0.494 e. The van der Waals surface area contributed by atoms with Crippen LogP contribution in [0.5, 0.6) is 5.75 Å². The fourth-order valence-electron chi connectivity index (χ4n) is 4.21. The van der Waals surface area contributed by atoms with E-state index < -0.39 is 5.97 Å². The van der Waals surface area contributed by atoms with Gasteiger partial charge in [-0.2, -0.15) is 4.99 Å². The molecule has 1 N–H and O–H groups in total. The topological polar surface area (TPSA) is 99.0 Å². The molecule has 1 aromatic carbocycles. The minimum atomic E-state index is -0.430. The van der Waals surface area contributed by atoms with Crippen molar-refractivity contribution in [3.63, 3.8) is 0 Å². The van der Waals surface area contributed by atoms with Gasteiger partial charge in [0.15, 0.2) is 4.80 Å². The van der Waals surface area contributed by atoms with Crippen molar-refractivity contribution in [1.82, 2.24) is 4.57 Å². The molecule has 0 saturated heterocycles. The fourth-order valence-corrected chi connectivity index (χ4v) is 7.18. The van der Waals surface area contributed by atoms with Crippen molar-refractivity contribution in [2.45, 2.75) is 39.2 Å². The van der Waals surface area contributed by atoms with E-state index in [1.165, 1.54) is 41.5 Å². The minimum Gasteiger partial charge on any atom is -0.494 e. The van der Waals surface area contributed by atoms with Crippen LogP contribution >= 0.6 is 34.4 Å². The van der Waals surface area contributed by atoms with Gasteiger partial charge >= 0.3 is 5.97 Å². The number of allylic oxidation sites excluding steroid dienone is 1. The van der Waals surface area contributed by atoms with Crippen molar-refractivity contribution in [1.29, 1.82) is 0 Å². The Morgan fingerprint density at radius 3 is 2.78 bits per heavy atom. The first-order valence-electron chi connectivity index (χ1n) is 12.0. The summed E-state index contributed by atoms with van der Waals surface area (Å²) in [4.78, 5) is 43.6. The van der Waals surface area contributed by atoms with Crippen LogP contribution in [0.2, 0.25) is 0 Å². The van der Waals surface area contributed by atoms with Crippen LogP contribution in [0.25, 0.3) is 10.2 Å². The second-order valence-electron chi connectivity index (χ2n) is 8.30. The van der Waals surface area contributed by atoms with Crippen molar-refractivity contribution in [2.75, 3.05) is 30.5 Å². The zero-order chi connectivity index (χ0) is 26.4. The van der Waals surface area contributed by atoms with E-state index in [1.807, 2.05) is 29.7 Å². The molecule has 0 bridgehead atoms. The maximum absolute atomic E-state index is 12.6. The Labute approximate surface area is 227 Å². The summed E-state index contributed by atoms with van der Waals surface area (Å²) >= 11 is 4.04. The molecule has 2 amide bonds. The van der Waals surface area contributed by atoms with Crippen LogP contribution in [0.1, 0.15) is 40.6 Å². The summed E-state index contributed by atoms with van der Waals surface area (Å²) < 4.78 is 13.4. The minimum absolute atomic E-state index is 0.0603. The van der Waals surface area contributed by atoms with Gasteiger partial charge in [0.2, 0.25) is 5.91 Å². The number of hydrogen-bond acceptors (Lipinski definition) is 8. The van der Waals surface area contributed by atoms with Gasteiger partial charge in [-0.1, -0.05) is 17.4 Å². The van der Waals surface area contributed by atoms with Crippen LogP contribution in [0.3, 0.4) is 0 Å². The molecule has 0 saturated carbocycles. The SMILES string of the molecule is C=CCn1c(=NC(=O)CSCC(=O)Nc2sc3c(c2C(=O)OC)CCCC3)sc2cc(OCC)ccc21. The normalized spacial score (nSPS) is 13.3. The van der Waals surface area contributed by atoms with Crippen LogP contribution in [-0.2, 0) is 33.7 Å². The Kier molecular flexibility index (Phi) is 9.23. The number of rotatable bonds is 10. The number of carbonyl (C=O) groups excluding carboxylic acids is 3. The maximum Gasteiger partial charge on any atom is 0.341 e. The number of ether oxygens (including phenoxy) is 2. The Morgan fingerprint density at radius 1 is 1.22 bits per heavy atom. The highest BCUT2D eigenvalue weighted by Crippen LogP contribution is 2.38. The highest BCUT2D eigenvalue weighted by atomic mass is 32.2. The lowest BCUT2D eigenvalue weighted by molar-refractivity contribution is -0.115. The number of anilines is 1. The number of thiazole rings is 1. The molecule has 2 heterocycles. The molecule has 1 aliphatic carbocycles. The molecule has 4 rings (SSSR count). The van der Waals surface area contributed by atoms with Crippen LogP contribution < -0.4 is 14.9 Å². The average Bonchev–Trinajstić information content (AvgIpc) is 3.41. The van der Waals surface area contributed by atoms with Crippen LogP contribution in [0.4, 0.5) is 5.00 Å². The number of esters is 1. The van der Waals surface area contributed by atoms with Gasteiger partial charge in [0.1, 0.15) is 10.8 Å². The third-order valence-corrected chi connectivity index (χ3v) is 8.94. The summed E-state index contributed by atoms with van der Waals surface area (Å²) in [5.74, 6) is -0.127. The molecule has 0 fully saturated rings. The Balaban J connectivity index is 1.41. The van der Waals surface area contributed by atoms with Crippen molar-refractivity contribution >= 4 is 67.4 Å². The number of amides is 2. The van der Waals surface area contributed by atoms with E-state index in [1.54, 1.807) is 6.08 Å². The zero-order valence-electron chi connectivity index (χ0n) is 20.8. The van der Waals surface area contributed by atoms with Gasteiger partial charge in [0.05, 0.1) is 41.0 Å². The number of thioether (sulfide) groups is 1. The molecule has 1 aliphatic rings. The third kappa shape index (κ3) is 6.34. The molecule has 196 valence electrons. The van der Waals surface area contributed by atoms with Crippen molar-refractivity contribution in [3.8, 4) is 5.75 Å². The predicted molar refractivity (Wildman–Crippen MR) is 150 cm³/mol. The number of thiophene rings is 1. The summed E-state index contributed by atoms with van der Waals surface area (Å²) in [5.41, 5.74) is 2.41. The molecule has 0 atom stereocenters. The van der Waals surface area contributed by atoms with Gasteiger partial charge in [-0.3, -0.25) is 9.59 Å². The van der Waals surface area contributed by atoms with E-state index in [2.05, 4.69) is 16.9 Å². The highest BCUT2D eigenvalue weighted by molar-refractivity contribution is 8.00. The number of aromatic nitrogens is 1. The highest BCUT2D eigenvalue weighted by Gasteiger charge is 2.26. The average molecular weight is 560 g/mol. The summed E-state index contributed by atoms with van der Waals surface area (Å²) in [7, 11) is 1.35. The van der Waals surface area contributed by atoms with E-state index in [-0.39, 0.29) is 23.3 Å². The molecular weight excluding hydrogens is 531 g/mol. The number of nitrogens with zero attached hydrogens (tertiary/aromatic N) is 2. The Bertz CT molecular complexity index is 1400. The van der Waals surface area contributed by atoms with E-state index in [4.69, 9.17) is 9.47 Å². The number of nitrogens with one attached hydrogen (secondary N) is 1. The number of methoxy groups -OCH3 is 1. The molecule has 2 aromatic heterocycles. The lowest BCUT2D eigenvalue weighted by Crippen LogP contribution is -2.19. The second-order valence-corrected chi connectivity index (χ2v) is 11.4. The van der Waals surface area contributed by atoms with Crippen molar-refractivity contribution < 1.29 is 23.9 Å². The van der Waals surface area contributed by atoms with E-state index in [0.717, 1.165) is 52.1 Å². The van der Waals surface area contributed by atoms with Crippen LogP contribution in [0, 0.1) is 0 Å². The van der Waals surface area contributed by atoms with E-state index >= 15 is 0 Å².